The minimum absolute atomic E-state index is 0.0258. The Morgan fingerprint density at radius 2 is 1.82 bits per heavy atom. The van der Waals surface area contributed by atoms with Crippen LogP contribution in [0.5, 0.6) is 0 Å². The SMILES string of the molecule is O=C(Nc1ccc2c(ccn2CCN2CCOCC2)c1)N1CCN(Cc2cccnc2)CC1. The van der Waals surface area contributed by atoms with Crippen LogP contribution >= 0.6 is 0 Å². The van der Waals surface area contributed by atoms with Crippen LogP contribution in [0.4, 0.5) is 10.5 Å². The number of nitrogens with one attached hydrogen (secondary N) is 1. The number of anilines is 1. The summed E-state index contributed by atoms with van der Waals surface area (Å²) in [6.07, 6.45) is 5.84. The number of hydrogen-bond donors (Lipinski definition) is 1. The number of urea groups is 1. The Bertz CT molecular complexity index is 1060. The van der Waals surface area contributed by atoms with Gasteiger partial charge in [0.15, 0.2) is 0 Å². The van der Waals surface area contributed by atoms with Crippen molar-refractivity contribution in [2.45, 2.75) is 13.1 Å². The van der Waals surface area contributed by atoms with Crippen molar-refractivity contribution >= 4 is 22.6 Å². The molecule has 0 spiro atoms. The highest BCUT2D eigenvalue weighted by Crippen LogP contribution is 2.21. The van der Waals surface area contributed by atoms with E-state index in [1.54, 1.807) is 6.20 Å². The van der Waals surface area contributed by atoms with Gasteiger partial charge in [-0.25, -0.2) is 4.79 Å². The van der Waals surface area contributed by atoms with Crippen molar-refractivity contribution < 1.29 is 9.53 Å². The fourth-order valence-corrected chi connectivity index (χ4v) is 4.61. The first kappa shape index (κ1) is 21.9. The van der Waals surface area contributed by atoms with Gasteiger partial charge in [-0.1, -0.05) is 6.07 Å². The highest BCUT2D eigenvalue weighted by molar-refractivity contribution is 5.93. The standard InChI is InChI=1S/C25H32N6O2/c32-25(31-12-9-29(10-13-31)20-21-2-1-6-26-19-21)27-23-3-4-24-22(18-23)5-7-30(24)11-8-28-14-16-33-17-15-28/h1-7,18-19H,8-17,20H2,(H,27,32). The molecule has 1 N–H and O–H groups in total. The van der Waals surface area contributed by atoms with E-state index in [9.17, 15) is 4.79 Å². The second-order valence-corrected chi connectivity index (χ2v) is 8.79. The van der Waals surface area contributed by atoms with Crippen LogP contribution in [0.25, 0.3) is 10.9 Å². The first-order valence-corrected chi connectivity index (χ1v) is 11.8. The number of morpholine rings is 1. The van der Waals surface area contributed by atoms with E-state index in [0.29, 0.717) is 0 Å². The van der Waals surface area contributed by atoms with Crippen molar-refractivity contribution in [2.75, 3.05) is 64.3 Å². The molecule has 0 radical (unpaired) electrons. The highest BCUT2D eigenvalue weighted by atomic mass is 16.5. The number of carbonyl (C=O) groups excluding carboxylic acids is 1. The molecule has 5 rings (SSSR count). The predicted octanol–water partition coefficient (Wildman–Crippen LogP) is 2.72. The Labute approximate surface area is 194 Å². The summed E-state index contributed by atoms with van der Waals surface area (Å²) < 4.78 is 7.72. The summed E-state index contributed by atoms with van der Waals surface area (Å²) in [7, 11) is 0. The van der Waals surface area contributed by atoms with Crippen LogP contribution in [-0.2, 0) is 17.8 Å². The normalized spacial score (nSPS) is 18.0. The van der Waals surface area contributed by atoms with Gasteiger partial charge in [0.25, 0.3) is 0 Å². The number of hydrogen-bond acceptors (Lipinski definition) is 5. The summed E-state index contributed by atoms with van der Waals surface area (Å²) >= 11 is 0. The molecule has 2 aromatic heterocycles. The quantitative estimate of drug-likeness (QED) is 0.628. The predicted molar refractivity (Wildman–Crippen MR) is 129 cm³/mol. The molecule has 2 amide bonds. The number of nitrogens with zero attached hydrogens (tertiary/aromatic N) is 5. The molecule has 0 saturated carbocycles. The molecule has 2 aliphatic heterocycles. The third-order valence-corrected chi connectivity index (χ3v) is 6.57. The van der Waals surface area contributed by atoms with Crippen molar-refractivity contribution in [1.82, 2.24) is 24.3 Å². The lowest BCUT2D eigenvalue weighted by Crippen LogP contribution is -2.49. The van der Waals surface area contributed by atoms with Crippen LogP contribution in [0.3, 0.4) is 0 Å². The Balaban J connectivity index is 1.13. The van der Waals surface area contributed by atoms with Crippen molar-refractivity contribution in [3.8, 4) is 0 Å². The molecular formula is C25H32N6O2. The monoisotopic (exact) mass is 448 g/mol. The third kappa shape index (κ3) is 5.52. The number of piperazine rings is 1. The van der Waals surface area contributed by atoms with Crippen LogP contribution in [0, 0.1) is 0 Å². The largest absolute Gasteiger partial charge is 0.379 e. The lowest BCUT2D eigenvalue weighted by Gasteiger charge is -2.34. The molecule has 0 bridgehead atoms. The minimum Gasteiger partial charge on any atom is -0.379 e. The third-order valence-electron chi connectivity index (χ3n) is 6.57. The van der Waals surface area contributed by atoms with Gasteiger partial charge in [-0.05, 0) is 35.9 Å². The van der Waals surface area contributed by atoms with E-state index in [1.807, 2.05) is 23.2 Å². The van der Waals surface area contributed by atoms with Gasteiger partial charge in [-0.3, -0.25) is 14.8 Å². The van der Waals surface area contributed by atoms with Crippen molar-refractivity contribution in [3.63, 3.8) is 0 Å². The number of ether oxygens (including phenoxy) is 1. The van der Waals surface area contributed by atoms with Crippen LogP contribution < -0.4 is 5.32 Å². The Morgan fingerprint density at radius 1 is 0.970 bits per heavy atom. The van der Waals surface area contributed by atoms with Gasteiger partial charge in [0, 0.05) is 94.1 Å². The van der Waals surface area contributed by atoms with E-state index in [1.165, 1.54) is 11.1 Å². The summed E-state index contributed by atoms with van der Waals surface area (Å²) in [6.45, 7) is 9.73. The Morgan fingerprint density at radius 3 is 2.61 bits per heavy atom. The van der Waals surface area contributed by atoms with Gasteiger partial charge in [0.05, 0.1) is 13.2 Å². The second kappa shape index (κ2) is 10.3. The zero-order valence-electron chi connectivity index (χ0n) is 19.0. The van der Waals surface area contributed by atoms with E-state index in [0.717, 1.165) is 83.2 Å². The number of amides is 2. The van der Waals surface area contributed by atoms with Crippen molar-refractivity contribution in [2.24, 2.45) is 0 Å². The van der Waals surface area contributed by atoms with Crippen molar-refractivity contribution in [3.05, 3.63) is 60.6 Å². The average molecular weight is 449 g/mol. The first-order valence-electron chi connectivity index (χ1n) is 11.8. The van der Waals surface area contributed by atoms with Crippen LogP contribution in [-0.4, -0.2) is 89.3 Å². The van der Waals surface area contributed by atoms with Crippen LogP contribution in [0.1, 0.15) is 5.56 Å². The number of carbonyl (C=O) groups is 1. The molecule has 174 valence electrons. The van der Waals surface area contributed by atoms with Crippen LogP contribution in [0.2, 0.25) is 0 Å². The van der Waals surface area contributed by atoms with Gasteiger partial charge in [0.2, 0.25) is 0 Å². The van der Waals surface area contributed by atoms with Gasteiger partial charge in [-0.15, -0.1) is 0 Å². The molecule has 8 heteroatoms. The fourth-order valence-electron chi connectivity index (χ4n) is 4.61. The molecule has 2 fully saturated rings. The van der Waals surface area contributed by atoms with Crippen LogP contribution in [0.15, 0.2) is 55.0 Å². The highest BCUT2D eigenvalue weighted by Gasteiger charge is 2.21. The van der Waals surface area contributed by atoms with E-state index >= 15 is 0 Å². The zero-order chi connectivity index (χ0) is 22.5. The maximum absolute atomic E-state index is 12.8. The average Bonchev–Trinajstić information content (AvgIpc) is 3.26. The number of fused-ring (bicyclic) bond motifs is 1. The lowest BCUT2D eigenvalue weighted by molar-refractivity contribution is 0.0365. The molecule has 0 aliphatic carbocycles. The maximum atomic E-state index is 12.8. The number of rotatable bonds is 6. The fraction of sp³-hybridized carbons (Fsp3) is 0.440. The zero-order valence-corrected chi connectivity index (χ0v) is 19.0. The molecule has 4 heterocycles. The van der Waals surface area contributed by atoms with Gasteiger partial charge < -0.3 is 19.5 Å². The summed E-state index contributed by atoms with van der Waals surface area (Å²) in [4.78, 5) is 23.7. The summed E-state index contributed by atoms with van der Waals surface area (Å²) in [5, 5.41) is 4.24. The number of aromatic nitrogens is 2. The maximum Gasteiger partial charge on any atom is 0.321 e. The Kier molecular flexibility index (Phi) is 6.85. The lowest BCUT2D eigenvalue weighted by atomic mass is 10.2. The van der Waals surface area contributed by atoms with E-state index in [4.69, 9.17) is 4.74 Å². The first-order chi connectivity index (χ1) is 16.2. The molecule has 0 atom stereocenters. The molecule has 2 saturated heterocycles. The summed E-state index contributed by atoms with van der Waals surface area (Å²) in [6, 6.07) is 12.3. The summed E-state index contributed by atoms with van der Waals surface area (Å²) in [5.74, 6) is 0. The molecule has 0 unspecified atom stereocenters. The van der Waals surface area contributed by atoms with Gasteiger partial charge in [-0.2, -0.15) is 0 Å². The smallest absolute Gasteiger partial charge is 0.321 e. The number of benzene rings is 1. The van der Waals surface area contributed by atoms with E-state index < -0.39 is 0 Å². The molecule has 2 aliphatic rings. The van der Waals surface area contributed by atoms with Gasteiger partial charge >= 0.3 is 6.03 Å². The van der Waals surface area contributed by atoms with Crippen molar-refractivity contribution in [1.29, 1.82) is 0 Å². The molecular weight excluding hydrogens is 416 g/mol. The second-order valence-electron chi connectivity index (χ2n) is 8.79. The number of pyridine rings is 1. The molecule has 1 aromatic carbocycles. The minimum atomic E-state index is -0.0258. The molecule has 33 heavy (non-hydrogen) atoms. The van der Waals surface area contributed by atoms with E-state index in [2.05, 4.69) is 55.1 Å². The molecule has 8 nitrogen and oxygen atoms in total. The molecule has 3 aromatic rings. The summed E-state index contributed by atoms with van der Waals surface area (Å²) in [5.41, 5.74) is 3.25. The Hall–Kier alpha value is -2.94. The van der Waals surface area contributed by atoms with E-state index in [-0.39, 0.29) is 6.03 Å². The topological polar surface area (TPSA) is 65.9 Å². The van der Waals surface area contributed by atoms with Gasteiger partial charge in [0.1, 0.15) is 0 Å².